The summed E-state index contributed by atoms with van der Waals surface area (Å²) in [5.41, 5.74) is 0.606. The molecule has 3 heteroatoms. The lowest BCUT2D eigenvalue weighted by molar-refractivity contribution is -0.169. The molecule has 4 rings (SSSR count). The van der Waals surface area contributed by atoms with Crippen molar-refractivity contribution in [2.75, 3.05) is 19.6 Å². The number of rotatable bonds is 1. The molecule has 2 fully saturated rings. The molecular weight excluding hydrogens is 334 g/mol. The van der Waals surface area contributed by atoms with Gasteiger partial charge in [0.2, 0.25) is 0 Å². The Morgan fingerprint density at radius 2 is 1.81 bits per heavy atom. The monoisotopic (exact) mass is 367 g/mol. The predicted molar refractivity (Wildman–Crippen MR) is 109 cm³/mol. The first-order valence-corrected chi connectivity index (χ1v) is 10.7. The zero-order chi connectivity index (χ0) is 18.9. The fraction of sp³-hybridized carbons (Fsp3) is 0.667. The summed E-state index contributed by atoms with van der Waals surface area (Å²) in [6, 6.07) is 8.34. The van der Waals surface area contributed by atoms with Gasteiger partial charge in [0.05, 0.1) is 12.6 Å². The number of benzene rings is 1. The van der Waals surface area contributed by atoms with Crippen LogP contribution in [0.3, 0.4) is 0 Å². The highest BCUT2D eigenvalue weighted by Gasteiger charge is 2.49. The third-order valence-corrected chi connectivity index (χ3v) is 6.53. The van der Waals surface area contributed by atoms with Gasteiger partial charge in [-0.15, -0.1) is 0 Å². The minimum Gasteiger partial charge on any atom is -0.487 e. The van der Waals surface area contributed by atoms with Gasteiger partial charge >= 0.3 is 0 Å². The van der Waals surface area contributed by atoms with Crippen molar-refractivity contribution in [3.05, 3.63) is 29.8 Å². The normalized spacial score (nSPS) is 32.9. The van der Waals surface area contributed by atoms with E-state index in [1.54, 1.807) is 0 Å². The molecule has 3 aliphatic rings. The molecular formula is C24H33NO2. The lowest BCUT2D eigenvalue weighted by atomic mass is 9.73. The van der Waals surface area contributed by atoms with Crippen LogP contribution in [0, 0.1) is 17.8 Å². The zero-order valence-electron chi connectivity index (χ0n) is 17.1. The lowest BCUT2D eigenvalue weighted by Gasteiger charge is -2.50. The van der Waals surface area contributed by atoms with E-state index in [2.05, 4.69) is 55.7 Å². The van der Waals surface area contributed by atoms with E-state index in [0.717, 1.165) is 25.1 Å². The molecule has 0 N–H and O–H groups in total. The highest BCUT2D eigenvalue weighted by atomic mass is 16.5. The van der Waals surface area contributed by atoms with Gasteiger partial charge in [-0.3, -0.25) is 4.90 Å². The Labute approximate surface area is 164 Å². The molecule has 27 heavy (non-hydrogen) atoms. The summed E-state index contributed by atoms with van der Waals surface area (Å²) in [6.45, 7) is 9.81. The fourth-order valence-electron chi connectivity index (χ4n) is 4.89. The Bertz CT molecular complexity index is 723. The van der Waals surface area contributed by atoms with Gasteiger partial charge in [0.25, 0.3) is 0 Å². The van der Waals surface area contributed by atoms with E-state index < -0.39 is 0 Å². The maximum atomic E-state index is 6.68. The maximum Gasteiger partial charge on any atom is 0.126 e. The highest BCUT2D eigenvalue weighted by molar-refractivity contribution is 5.39. The zero-order valence-corrected chi connectivity index (χ0v) is 17.1. The van der Waals surface area contributed by atoms with Crippen molar-refractivity contribution in [1.82, 2.24) is 4.90 Å². The van der Waals surface area contributed by atoms with Crippen LogP contribution in [0.2, 0.25) is 0 Å². The second-order valence-corrected chi connectivity index (χ2v) is 9.15. The van der Waals surface area contributed by atoms with E-state index in [4.69, 9.17) is 9.47 Å². The molecule has 3 aliphatic heterocycles. The standard InChI is InChI=1S/C24H33NO2/c1-23(2)20-13-15-24(3,14-10-18-25-16-8-4-5-9-17-25)27-22(20)19-11-6-7-12-21(19)26-23/h6-7,11-12,20,22H,4-5,8-9,13,15-18H2,1-3H3/t20-,22-,24-/m0/s1. The van der Waals surface area contributed by atoms with Crippen LogP contribution >= 0.6 is 0 Å². The van der Waals surface area contributed by atoms with Crippen molar-refractivity contribution in [2.24, 2.45) is 5.92 Å². The number of ether oxygens (including phenoxy) is 2. The van der Waals surface area contributed by atoms with Crippen molar-refractivity contribution < 1.29 is 9.47 Å². The molecule has 0 radical (unpaired) electrons. The number of hydrogen-bond acceptors (Lipinski definition) is 3. The molecule has 0 aromatic heterocycles. The van der Waals surface area contributed by atoms with Crippen molar-refractivity contribution in [1.29, 1.82) is 0 Å². The van der Waals surface area contributed by atoms with Gasteiger partial charge in [0, 0.05) is 11.5 Å². The molecule has 0 unspecified atom stereocenters. The van der Waals surface area contributed by atoms with Gasteiger partial charge in [-0.25, -0.2) is 0 Å². The molecule has 1 aromatic rings. The highest BCUT2D eigenvalue weighted by Crippen LogP contribution is 2.52. The Morgan fingerprint density at radius 3 is 2.59 bits per heavy atom. The number of likely N-dealkylation sites (tertiary alicyclic amines) is 1. The first kappa shape index (κ1) is 18.8. The van der Waals surface area contributed by atoms with Crippen molar-refractivity contribution in [2.45, 2.75) is 76.6 Å². The molecule has 0 spiro atoms. The maximum absolute atomic E-state index is 6.68. The predicted octanol–water partition coefficient (Wildman–Crippen LogP) is 4.96. The molecule has 0 amide bonds. The van der Waals surface area contributed by atoms with Gasteiger partial charge in [0.1, 0.15) is 17.0 Å². The summed E-state index contributed by atoms with van der Waals surface area (Å²) in [5, 5.41) is 0. The lowest BCUT2D eigenvalue weighted by Crippen LogP contribution is -2.50. The Morgan fingerprint density at radius 1 is 1.07 bits per heavy atom. The van der Waals surface area contributed by atoms with Crippen molar-refractivity contribution in [3.8, 4) is 17.6 Å². The van der Waals surface area contributed by atoms with Crippen LogP contribution in [-0.4, -0.2) is 35.7 Å². The van der Waals surface area contributed by atoms with Crippen molar-refractivity contribution >= 4 is 0 Å². The van der Waals surface area contributed by atoms with Gasteiger partial charge in [-0.2, -0.15) is 0 Å². The van der Waals surface area contributed by atoms with E-state index >= 15 is 0 Å². The van der Waals surface area contributed by atoms with Gasteiger partial charge in [-0.05, 0) is 65.6 Å². The van der Waals surface area contributed by atoms with E-state index in [1.807, 2.05) is 6.07 Å². The topological polar surface area (TPSA) is 21.7 Å². The summed E-state index contributed by atoms with van der Waals surface area (Å²) >= 11 is 0. The molecule has 0 aliphatic carbocycles. The summed E-state index contributed by atoms with van der Waals surface area (Å²) in [7, 11) is 0. The molecule has 146 valence electrons. The molecule has 3 heterocycles. The second kappa shape index (κ2) is 7.49. The molecule has 0 bridgehead atoms. The Kier molecular flexibility index (Phi) is 5.23. The summed E-state index contributed by atoms with van der Waals surface area (Å²) < 4.78 is 13.0. The molecule has 3 atom stereocenters. The minimum atomic E-state index is -0.368. The number of fused-ring (bicyclic) bond motifs is 3. The first-order chi connectivity index (χ1) is 13.0. The summed E-state index contributed by atoms with van der Waals surface area (Å²) in [6.07, 6.45) is 7.47. The van der Waals surface area contributed by atoms with Gasteiger partial charge in [0.15, 0.2) is 0 Å². The Balaban J connectivity index is 1.50. The largest absolute Gasteiger partial charge is 0.487 e. The molecule has 1 aromatic carbocycles. The Hall–Kier alpha value is -1.50. The third-order valence-electron chi connectivity index (χ3n) is 6.53. The van der Waals surface area contributed by atoms with Crippen molar-refractivity contribution in [3.63, 3.8) is 0 Å². The first-order valence-electron chi connectivity index (χ1n) is 10.7. The van der Waals surface area contributed by atoms with E-state index in [1.165, 1.54) is 44.3 Å². The van der Waals surface area contributed by atoms with Crippen LogP contribution in [0.1, 0.15) is 71.0 Å². The molecule has 3 nitrogen and oxygen atoms in total. The van der Waals surface area contributed by atoms with Gasteiger partial charge in [-0.1, -0.05) is 42.9 Å². The quantitative estimate of drug-likeness (QED) is 0.655. The summed E-state index contributed by atoms with van der Waals surface area (Å²) in [4.78, 5) is 2.50. The van der Waals surface area contributed by atoms with E-state index in [-0.39, 0.29) is 17.3 Å². The molecule has 0 saturated carbocycles. The third kappa shape index (κ3) is 4.03. The van der Waals surface area contributed by atoms with Crippen LogP contribution in [0.4, 0.5) is 0 Å². The van der Waals surface area contributed by atoms with Crippen LogP contribution in [0.15, 0.2) is 24.3 Å². The van der Waals surface area contributed by atoms with Crippen LogP contribution in [-0.2, 0) is 4.74 Å². The van der Waals surface area contributed by atoms with E-state index in [9.17, 15) is 0 Å². The van der Waals surface area contributed by atoms with Crippen LogP contribution in [0.25, 0.3) is 0 Å². The van der Waals surface area contributed by atoms with Crippen LogP contribution < -0.4 is 4.74 Å². The smallest absolute Gasteiger partial charge is 0.126 e. The number of nitrogens with zero attached hydrogens (tertiary/aromatic N) is 1. The van der Waals surface area contributed by atoms with E-state index in [0.29, 0.717) is 5.92 Å². The number of hydrogen-bond donors (Lipinski definition) is 0. The average molecular weight is 368 g/mol. The average Bonchev–Trinajstić information content (AvgIpc) is 2.90. The number of para-hydroxylation sites is 1. The second-order valence-electron chi connectivity index (χ2n) is 9.15. The summed E-state index contributed by atoms with van der Waals surface area (Å²) in [5.74, 6) is 8.29. The SMILES string of the molecule is CC1(C)Oc2ccccc2[C@@H]2O[C@@](C)(C#CCN3CCCCCC3)CC[C@@H]21. The minimum absolute atomic E-state index is 0.0659. The molecule has 2 saturated heterocycles. The fourth-order valence-corrected chi connectivity index (χ4v) is 4.89. The van der Waals surface area contributed by atoms with Crippen LogP contribution in [0.5, 0.6) is 5.75 Å². The van der Waals surface area contributed by atoms with Gasteiger partial charge < -0.3 is 9.47 Å².